The van der Waals surface area contributed by atoms with Gasteiger partial charge in [-0.15, -0.1) is 0 Å². The van der Waals surface area contributed by atoms with Crippen LogP contribution >= 0.6 is 0 Å². The quantitative estimate of drug-likeness (QED) is 0.818. The van der Waals surface area contributed by atoms with Gasteiger partial charge in [-0.1, -0.05) is 27.7 Å². The molecule has 0 spiro atoms. The van der Waals surface area contributed by atoms with Crippen LogP contribution in [0.1, 0.15) is 53.4 Å². The summed E-state index contributed by atoms with van der Waals surface area (Å²) in [7, 11) is 0. The first-order valence-electron chi connectivity index (χ1n) is 7.92. The van der Waals surface area contributed by atoms with Crippen LogP contribution < -0.4 is 5.73 Å². The largest absolute Gasteiger partial charge is 0.329 e. The second kappa shape index (κ2) is 5.50. The van der Waals surface area contributed by atoms with Crippen LogP contribution in [0.25, 0.3) is 0 Å². The van der Waals surface area contributed by atoms with Gasteiger partial charge in [-0.3, -0.25) is 4.90 Å². The number of nitrogens with two attached hydrogens (primary N) is 1. The van der Waals surface area contributed by atoms with Crippen molar-refractivity contribution in [3.05, 3.63) is 0 Å². The van der Waals surface area contributed by atoms with Gasteiger partial charge in [0.2, 0.25) is 0 Å². The van der Waals surface area contributed by atoms with Crippen molar-refractivity contribution in [3.63, 3.8) is 0 Å². The summed E-state index contributed by atoms with van der Waals surface area (Å²) in [6.45, 7) is 13.0. The minimum absolute atomic E-state index is 0.311. The van der Waals surface area contributed by atoms with E-state index in [-0.39, 0.29) is 0 Å². The molecule has 2 fully saturated rings. The van der Waals surface area contributed by atoms with E-state index in [4.69, 9.17) is 5.73 Å². The molecule has 0 amide bonds. The summed E-state index contributed by atoms with van der Waals surface area (Å²) in [5.74, 6) is 3.39. The highest BCUT2D eigenvalue weighted by molar-refractivity contribution is 4.99. The van der Waals surface area contributed by atoms with Gasteiger partial charge in [0, 0.05) is 18.6 Å². The van der Waals surface area contributed by atoms with E-state index < -0.39 is 0 Å². The molecule has 2 heteroatoms. The summed E-state index contributed by atoms with van der Waals surface area (Å²) in [6, 6.07) is 0. The van der Waals surface area contributed by atoms with Gasteiger partial charge < -0.3 is 5.73 Å². The SMILES string of the molecule is CC1CC(C)CC(CN)(N2CCC(C)C(C)C2)C1. The zero-order valence-electron chi connectivity index (χ0n) is 12.8. The summed E-state index contributed by atoms with van der Waals surface area (Å²) < 4.78 is 0. The van der Waals surface area contributed by atoms with Gasteiger partial charge >= 0.3 is 0 Å². The van der Waals surface area contributed by atoms with Crippen LogP contribution in [0, 0.1) is 23.7 Å². The highest BCUT2D eigenvalue weighted by Gasteiger charge is 2.43. The molecule has 0 aromatic carbocycles. The van der Waals surface area contributed by atoms with Gasteiger partial charge in [0.1, 0.15) is 0 Å². The smallest absolute Gasteiger partial charge is 0.0336 e. The molecule has 0 radical (unpaired) electrons. The van der Waals surface area contributed by atoms with Crippen molar-refractivity contribution in [3.8, 4) is 0 Å². The van der Waals surface area contributed by atoms with Crippen molar-refractivity contribution >= 4 is 0 Å². The average molecular weight is 252 g/mol. The third-order valence-corrected chi connectivity index (χ3v) is 5.65. The van der Waals surface area contributed by atoms with Crippen molar-refractivity contribution in [1.29, 1.82) is 0 Å². The van der Waals surface area contributed by atoms with Crippen LogP contribution in [0.5, 0.6) is 0 Å². The van der Waals surface area contributed by atoms with E-state index in [1.54, 1.807) is 0 Å². The first-order chi connectivity index (χ1) is 8.47. The molecule has 2 rings (SSSR count). The molecule has 2 aliphatic rings. The van der Waals surface area contributed by atoms with Crippen molar-refractivity contribution in [2.45, 2.75) is 58.9 Å². The van der Waals surface area contributed by atoms with Gasteiger partial charge in [-0.2, -0.15) is 0 Å². The number of likely N-dealkylation sites (tertiary alicyclic amines) is 1. The second-order valence-electron chi connectivity index (χ2n) is 7.47. The predicted octanol–water partition coefficient (Wildman–Crippen LogP) is 3.12. The molecule has 0 aromatic heterocycles. The number of piperidine rings is 1. The number of hydrogen-bond acceptors (Lipinski definition) is 2. The summed E-state index contributed by atoms with van der Waals surface area (Å²) in [5, 5.41) is 0. The molecule has 2 N–H and O–H groups in total. The third kappa shape index (κ3) is 2.75. The molecule has 0 bridgehead atoms. The molecule has 1 saturated carbocycles. The number of hydrogen-bond donors (Lipinski definition) is 1. The maximum atomic E-state index is 6.23. The van der Waals surface area contributed by atoms with Crippen molar-refractivity contribution in [2.75, 3.05) is 19.6 Å². The second-order valence-corrected chi connectivity index (χ2v) is 7.47. The summed E-state index contributed by atoms with van der Waals surface area (Å²) >= 11 is 0. The van der Waals surface area contributed by atoms with E-state index in [1.165, 1.54) is 38.8 Å². The molecule has 106 valence electrons. The van der Waals surface area contributed by atoms with Gasteiger partial charge in [-0.05, 0) is 55.9 Å². The Labute approximate surface area is 113 Å². The number of nitrogens with zero attached hydrogens (tertiary/aromatic N) is 1. The first kappa shape index (κ1) is 14.3. The number of rotatable bonds is 2. The molecule has 18 heavy (non-hydrogen) atoms. The lowest BCUT2D eigenvalue weighted by molar-refractivity contribution is -0.0181. The molecular formula is C16H32N2. The topological polar surface area (TPSA) is 29.3 Å². The zero-order chi connectivity index (χ0) is 13.3. The van der Waals surface area contributed by atoms with Gasteiger partial charge in [0.15, 0.2) is 0 Å². The average Bonchev–Trinajstić information content (AvgIpc) is 2.31. The Morgan fingerprint density at radius 1 is 1.06 bits per heavy atom. The van der Waals surface area contributed by atoms with Gasteiger partial charge in [0.25, 0.3) is 0 Å². The Bertz CT molecular complexity index is 266. The lowest BCUT2D eigenvalue weighted by atomic mass is 9.69. The Morgan fingerprint density at radius 3 is 2.17 bits per heavy atom. The van der Waals surface area contributed by atoms with Crippen LogP contribution in [0.4, 0.5) is 0 Å². The van der Waals surface area contributed by atoms with E-state index in [0.29, 0.717) is 5.54 Å². The van der Waals surface area contributed by atoms with Crippen LogP contribution in [0.2, 0.25) is 0 Å². The van der Waals surface area contributed by atoms with Crippen LogP contribution in [0.15, 0.2) is 0 Å². The Balaban J connectivity index is 2.11. The molecule has 0 aromatic rings. The Kier molecular flexibility index (Phi) is 4.38. The van der Waals surface area contributed by atoms with Crippen molar-refractivity contribution in [2.24, 2.45) is 29.4 Å². The minimum Gasteiger partial charge on any atom is -0.329 e. The van der Waals surface area contributed by atoms with E-state index >= 15 is 0 Å². The zero-order valence-corrected chi connectivity index (χ0v) is 12.8. The molecule has 1 heterocycles. The standard InChI is InChI=1S/C16H32N2/c1-12-7-13(2)9-16(8-12,11-17)18-6-5-14(3)15(4)10-18/h12-15H,5-11,17H2,1-4H3. The van der Waals surface area contributed by atoms with Crippen LogP contribution in [-0.2, 0) is 0 Å². The Hall–Kier alpha value is -0.0800. The van der Waals surface area contributed by atoms with Crippen molar-refractivity contribution in [1.82, 2.24) is 4.90 Å². The molecular weight excluding hydrogens is 220 g/mol. The molecule has 1 aliphatic carbocycles. The fourth-order valence-corrected chi connectivity index (χ4v) is 4.48. The van der Waals surface area contributed by atoms with Gasteiger partial charge in [0.05, 0.1) is 0 Å². The molecule has 4 unspecified atom stereocenters. The fraction of sp³-hybridized carbons (Fsp3) is 1.00. The molecule has 4 atom stereocenters. The highest BCUT2D eigenvalue weighted by Crippen LogP contribution is 2.41. The normalized spacial score (nSPS) is 47.2. The summed E-state index contributed by atoms with van der Waals surface area (Å²) in [4.78, 5) is 2.75. The Morgan fingerprint density at radius 2 is 1.67 bits per heavy atom. The predicted molar refractivity (Wildman–Crippen MR) is 78.5 cm³/mol. The maximum absolute atomic E-state index is 6.23. The third-order valence-electron chi connectivity index (χ3n) is 5.65. The van der Waals surface area contributed by atoms with E-state index in [9.17, 15) is 0 Å². The summed E-state index contributed by atoms with van der Waals surface area (Å²) in [5.41, 5.74) is 6.54. The van der Waals surface area contributed by atoms with Crippen LogP contribution in [-0.4, -0.2) is 30.1 Å². The van der Waals surface area contributed by atoms with Gasteiger partial charge in [-0.25, -0.2) is 0 Å². The molecule has 1 aliphatic heterocycles. The minimum atomic E-state index is 0.311. The fourth-order valence-electron chi connectivity index (χ4n) is 4.48. The van der Waals surface area contributed by atoms with Crippen molar-refractivity contribution < 1.29 is 0 Å². The molecule has 2 nitrogen and oxygen atoms in total. The lowest BCUT2D eigenvalue weighted by Gasteiger charge is -2.53. The van der Waals surface area contributed by atoms with E-state index in [0.717, 1.165) is 30.2 Å². The van der Waals surface area contributed by atoms with E-state index in [2.05, 4.69) is 32.6 Å². The monoisotopic (exact) mass is 252 g/mol. The highest BCUT2D eigenvalue weighted by atomic mass is 15.2. The lowest BCUT2D eigenvalue weighted by Crippen LogP contribution is -2.60. The maximum Gasteiger partial charge on any atom is 0.0336 e. The van der Waals surface area contributed by atoms with Crippen LogP contribution in [0.3, 0.4) is 0 Å². The van der Waals surface area contributed by atoms with E-state index in [1.807, 2.05) is 0 Å². The molecule has 1 saturated heterocycles. The first-order valence-corrected chi connectivity index (χ1v) is 7.92. The summed E-state index contributed by atoms with van der Waals surface area (Å²) in [6.07, 6.45) is 5.37.